The van der Waals surface area contributed by atoms with Crippen molar-refractivity contribution in [1.82, 2.24) is 0 Å². The van der Waals surface area contributed by atoms with E-state index in [0.29, 0.717) is 5.75 Å². The molecule has 2 N–H and O–H groups in total. The number of methoxy groups -OCH3 is 1. The monoisotopic (exact) mass is 186 g/mol. The number of nitrogens with zero attached hydrogens (tertiary/aromatic N) is 1. The van der Waals surface area contributed by atoms with E-state index in [1.54, 1.807) is 6.07 Å². The van der Waals surface area contributed by atoms with E-state index in [9.17, 15) is 4.79 Å². The van der Waals surface area contributed by atoms with Crippen molar-refractivity contribution in [1.29, 1.82) is 5.26 Å². The van der Waals surface area contributed by atoms with Crippen molar-refractivity contribution in [2.24, 2.45) is 5.73 Å². The van der Waals surface area contributed by atoms with Gasteiger partial charge in [-0.2, -0.15) is 5.26 Å². The smallest absolute Gasteiger partial charge is 0.351 e. The summed E-state index contributed by atoms with van der Waals surface area (Å²) < 4.78 is 4.36. The molecule has 4 nitrogen and oxygen atoms in total. The van der Waals surface area contributed by atoms with E-state index < -0.39 is 5.97 Å². The van der Waals surface area contributed by atoms with Gasteiger partial charge in [0.25, 0.3) is 0 Å². The van der Waals surface area contributed by atoms with Gasteiger partial charge in [-0.05, 0) is 5.75 Å². The molecule has 12 heavy (non-hydrogen) atoms. The zero-order chi connectivity index (χ0) is 9.56. The van der Waals surface area contributed by atoms with Crippen molar-refractivity contribution in [2.45, 2.75) is 6.92 Å². The fraction of sp³-hybridized carbons (Fsp3) is 0.429. The highest BCUT2D eigenvalue weighted by Crippen LogP contribution is 2.13. The van der Waals surface area contributed by atoms with Crippen LogP contribution in [0.25, 0.3) is 0 Å². The minimum Gasteiger partial charge on any atom is -0.465 e. The average Bonchev–Trinajstić information content (AvgIpc) is 2.06. The molecule has 0 aromatic heterocycles. The third-order valence-electron chi connectivity index (χ3n) is 1.05. The predicted octanol–water partition coefficient (Wildman–Crippen LogP) is 0.606. The molecule has 0 spiro atoms. The second-order valence-electron chi connectivity index (χ2n) is 1.78. The lowest BCUT2D eigenvalue weighted by Crippen LogP contribution is -2.09. The SMILES string of the molecule is CCS/C(N)=C(\C#N)C(=O)OC. The second kappa shape index (κ2) is 5.49. The van der Waals surface area contributed by atoms with E-state index in [2.05, 4.69) is 4.74 Å². The number of esters is 1. The van der Waals surface area contributed by atoms with Crippen LogP contribution in [0.5, 0.6) is 0 Å². The maximum Gasteiger partial charge on any atom is 0.351 e. The lowest BCUT2D eigenvalue weighted by Gasteiger charge is -2.00. The Morgan fingerprint density at radius 1 is 1.75 bits per heavy atom. The average molecular weight is 186 g/mol. The largest absolute Gasteiger partial charge is 0.465 e. The van der Waals surface area contributed by atoms with Crippen LogP contribution in [0.4, 0.5) is 0 Å². The van der Waals surface area contributed by atoms with E-state index in [4.69, 9.17) is 11.0 Å². The first-order chi connectivity index (χ1) is 5.67. The number of nitrogens with two attached hydrogens (primary N) is 1. The Hall–Kier alpha value is -1.15. The van der Waals surface area contributed by atoms with E-state index in [1.807, 2.05) is 6.92 Å². The lowest BCUT2D eigenvalue weighted by molar-refractivity contribution is -0.135. The quantitative estimate of drug-likeness (QED) is 0.397. The van der Waals surface area contributed by atoms with Gasteiger partial charge in [-0.1, -0.05) is 6.92 Å². The van der Waals surface area contributed by atoms with Crippen LogP contribution < -0.4 is 5.73 Å². The maximum atomic E-state index is 10.9. The third-order valence-corrected chi connectivity index (χ3v) is 1.85. The van der Waals surface area contributed by atoms with Crippen LogP contribution in [0.1, 0.15) is 6.92 Å². The molecule has 0 unspecified atom stereocenters. The van der Waals surface area contributed by atoms with Crippen molar-refractivity contribution in [3.05, 3.63) is 10.6 Å². The van der Waals surface area contributed by atoms with E-state index in [-0.39, 0.29) is 10.6 Å². The van der Waals surface area contributed by atoms with Crippen molar-refractivity contribution < 1.29 is 9.53 Å². The minimum atomic E-state index is -0.684. The Kier molecular flexibility index (Phi) is 4.97. The number of rotatable bonds is 3. The lowest BCUT2D eigenvalue weighted by atomic mass is 10.3. The van der Waals surface area contributed by atoms with Gasteiger partial charge in [0.1, 0.15) is 6.07 Å². The minimum absolute atomic E-state index is 0.121. The van der Waals surface area contributed by atoms with Crippen molar-refractivity contribution in [2.75, 3.05) is 12.9 Å². The first kappa shape index (κ1) is 10.8. The van der Waals surface area contributed by atoms with Crippen molar-refractivity contribution in [3.8, 4) is 6.07 Å². The van der Waals surface area contributed by atoms with Gasteiger partial charge in [-0.25, -0.2) is 4.79 Å². The summed E-state index contributed by atoms with van der Waals surface area (Å²) in [6.45, 7) is 1.88. The molecule has 0 atom stereocenters. The van der Waals surface area contributed by atoms with Gasteiger partial charge in [0.15, 0.2) is 5.57 Å². The zero-order valence-corrected chi connectivity index (χ0v) is 7.77. The summed E-state index contributed by atoms with van der Waals surface area (Å²) in [4.78, 5) is 10.9. The summed E-state index contributed by atoms with van der Waals surface area (Å²) in [6, 6.07) is 1.70. The maximum absolute atomic E-state index is 10.9. The summed E-state index contributed by atoms with van der Waals surface area (Å²) >= 11 is 1.24. The molecule has 0 aromatic carbocycles. The van der Waals surface area contributed by atoms with Gasteiger partial charge in [0.05, 0.1) is 12.1 Å². The van der Waals surface area contributed by atoms with E-state index >= 15 is 0 Å². The normalized spacial score (nSPS) is 11.4. The van der Waals surface area contributed by atoms with E-state index in [0.717, 1.165) is 0 Å². The first-order valence-electron chi connectivity index (χ1n) is 3.28. The molecule has 0 aliphatic carbocycles. The van der Waals surface area contributed by atoms with Crippen LogP contribution in [0.2, 0.25) is 0 Å². The molecule has 0 heterocycles. The molecule has 0 aromatic rings. The Labute approximate surface area is 75.4 Å². The molecule has 0 bridgehead atoms. The van der Waals surface area contributed by atoms with Crippen LogP contribution in [-0.4, -0.2) is 18.8 Å². The topological polar surface area (TPSA) is 76.1 Å². The molecule has 0 saturated carbocycles. The molecule has 0 aliphatic rings. The molecule has 0 aliphatic heterocycles. The fourth-order valence-electron chi connectivity index (χ4n) is 0.531. The van der Waals surface area contributed by atoms with Crippen molar-refractivity contribution in [3.63, 3.8) is 0 Å². The number of thioether (sulfide) groups is 1. The van der Waals surface area contributed by atoms with E-state index in [1.165, 1.54) is 18.9 Å². The fourth-order valence-corrected chi connectivity index (χ4v) is 1.12. The summed E-state index contributed by atoms with van der Waals surface area (Å²) in [5, 5.41) is 8.74. The predicted molar refractivity (Wildman–Crippen MR) is 47.0 cm³/mol. The Balaban J connectivity index is 4.64. The van der Waals surface area contributed by atoms with Gasteiger partial charge in [0.2, 0.25) is 0 Å². The second-order valence-corrected chi connectivity index (χ2v) is 3.08. The molecular formula is C7H10N2O2S. The number of carbonyl (C=O) groups is 1. The Morgan fingerprint density at radius 3 is 2.67 bits per heavy atom. The van der Waals surface area contributed by atoms with Crippen LogP contribution in [0.15, 0.2) is 10.6 Å². The molecule has 5 heteroatoms. The highest BCUT2D eigenvalue weighted by Gasteiger charge is 2.13. The van der Waals surface area contributed by atoms with Crippen molar-refractivity contribution >= 4 is 17.7 Å². The first-order valence-corrected chi connectivity index (χ1v) is 4.26. The van der Waals surface area contributed by atoms with Gasteiger partial charge in [-0.3, -0.25) is 0 Å². The summed E-state index contributed by atoms with van der Waals surface area (Å²) in [7, 11) is 1.21. The Morgan fingerprint density at radius 2 is 2.33 bits per heavy atom. The van der Waals surface area contributed by atoms with Crippen LogP contribution in [0.3, 0.4) is 0 Å². The Bertz CT molecular complexity index is 242. The molecule has 0 amide bonds. The van der Waals surface area contributed by atoms with Gasteiger partial charge in [-0.15, -0.1) is 11.8 Å². The highest BCUT2D eigenvalue weighted by molar-refractivity contribution is 8.03. The zero-order valence-electron chi connectivity index (χ0n) is 6.96. The van der Waals surface area contributed by atoms with Crippen LogP contribution >= 0.6 is 11.8 Å². The molecule has 0 rings (SSSR count). The standard InChI is InChI=1S/C7H10N2O2S/c1-3-12-6(9)5(4-8)7(10)11-2/h3,9H2,1-2H3/b6-5+. The van der Waals surface area contributed by atoms with Crippen LogP contribution in [-0.2, 0) is 9.53 Å². The summed E-state index contributed by atoms with van der Waals surface area (Å²) in [6.07, 6.45) is 0. The summed E-state index contributed by atoms with van der Waals surface area (Å²) in [5.41, 5.74) is 5.31. The number of ether oxygens (including phenoxy) is 1. The highest BCUT2D eigenvalue weighted by atomic mass is 32.2. The molecule has 0 saturated heterocycles. The van der Waals surface area contributed by atoms with Gasteiger partial charge < -0.3 is 10.5 Å². The van der Waals surface area contributed by atoms with Gasteiger partial charge in [0, 0.05) is 0 Å². The molecule has 0 fully saturated rings. The van der Waals surface area contributed by atoms with Crippen LogP contribution in [0, 0.1) is 11.3 Å². The number of hydrogen-bond acceptors (Lipinski definition) is 5. The number of carbonyl (C=O) groups excluding carboxylic acids is 1. The molecular weight excluding hydrogens is 176 g/mol. The van der Waals surface area contributed by atoms with Gasteiger partial charge >= 0.3 is 5.97 Å². The molecule has 0 radical (unpaired) electrons. The summed E-state index contributed by atoms with van der Waals surface area (Å²) in [5.74, 6) is 0.0320. The molecule has 66 valence electrons. The number of nitriles is 1. The number of hydrogen-bond donors (Lipinski definition) is 1. The third kappa shape index (κ3) is 2.84.